The molecule has 1 aliphatic rings. The van der Waals surface area contributed by atoms with Crippen molar-refractivity contribution in [2.45, 2.75) is 6.54 Å². The van der Waals surface area contributed by atoms with Crippen molar-refractivity contribution in [3.63, 3.8) is 0 Å². The fourth-order valence-corrected chi connectivity index (χ4v) is 4.43. The highest BCUT2D eigenvalue weighted by molar-refractivity contribution is 5.97. The average Bonchev–Trinajstić information content (AvgIpc) is 2.81. The SMILES string of the molecule is O=c1cc(-c2cc3ccccc3oc2=O)c2ccc(O)c(CN3CCN(CCO)CC3)c2o1. The summed E-state index contributed by atoms with van der Waals surface area (Å²) in [5, 5.41) is 21.1. The van der Waals surface area contributed by atoms with Gasteiger partial charge in [-0.25, -0.2) is 9.59 Å². The zero-order chi connectivity index (χ0) is 22.9. The molecule has 0 amide bonds. The smallest absolute Gasteiger partial charge is 0.344 e. The summed E-state index contributed by atoms with van der Waals surface area (Å²) in [6.07, 6.45) is 0. The van der Waals surface area contributed by atoms with Crippen LogP contribution in [0.3, 0.4) is 0 Å². The fourth-order valence-electron chi connectivity index (χ4n) is 4.43. The lowest BCUT2D eigenvalue weighted by molar-refractivity contribution is 0.108. The predicted octanol–water partition coefficient (Wildman–Crippen LogP) is 2.38. The molecule has 3 heterocycles. The minimum atomic E-state index is -0.607. The Balaban J connectivity index is 1.59. The molecule has 0 radical (unpaired) electrons. The fraction of sp³-hybridized carbons (Fsp3) is 0.280. The van der Waals surface area contributed by atoms with Crippen LogP contribution in [0, 0.1) is 0 Å². The Kier molecular flexibility index (Phi) is 5.72. The molecule has 2 N–H and O–H groups in total. The Hall–Kier alpha value is -3.46. The number of β-amino-alcohol motifs (C(OH)–C–C–N with tert-alkyl or cyclic N) is 1. The zero-order valence-electron chi connectivity index (χ0n) is 18.0. The topological polar surface area (TPSA) is 107 Å². The summed E-state index contributed by atoms with van der Waals surface area (Å²) in [6.45, 7) is 4.29. The number of phenols is 1. The highest BCUT2D eigenvalue weighted by atomic mass is 16.4. The molecule has 0 aliphatic carbocycles. The minimum Gasteiger partial charge on any atom is -0.507 e. The Morgan fingerprint density at radius 1 is 0.879 bits per heavy atom. The molecule has 8 heteroatoms. The molecule has 0 unspecified atom stereocenters. The van der Waals surface area contributed by atoms with Crippen LogP contribution in [0.25, 0.3) is 33.1 Å². The Labute approximate surface area is 188 Å². The van der Waals surface area contributed by atoms with Crippen LogP contribution in [0.1, 0.15) is 5.56 Å². The number of rotatable bonds is 5. The lowest BCUT2D eigenvalue weighted by Crippen LogP contribution is -2.46. The van der Waals surface area contributed by atoms with E-state index in [0.717, 1.165) is 31.6 Å². The van der Waals surface area contributed by atoms with E-state index in [-0.39, 0.29) is 23.5 Å². The number of piperazine rings is 1. The molecular formula is C25H24N2O6. The third-order valence-corrected chi connectivity index (χ3v) is 6.19. The summed E-state index contributed by atoms with van der Waals surface area (Å²) in [4.78, 5) is 29.6. The summed E-state index contributed by atoms with van der Waals surface area (Å²) >= 11 is 0. The van der Waals surface area contributed by atoms with Crippen molar-refractivity contribution >= 4 is 21.9 Å². The molecule has 0 atom stereocenters. The van der Waals surface area contributed by atoms with E-state index >= 15 is 0 Å². The second-order valence-electron chi connectivity index (χ2n) is 8.25. The monoisotopic (exact) mass is 448 g/mol. The maximum absolute atomic E-state index is 12.8. The summed E-state index contributed by atoms with van der Waals surface area (Å²) in [5.41, 5.74) is 0.766. The maximum Gasteiger partial charge on any atom is 0.344 e. The number of hydrogen-bond donors (Lipinski definition) is 2. The zero-order valence-corrected chi connectivity index (χ0v) is 18.0. The van der Waals surface area contributed by atoms with Gasteiger partial charge < -0.3 is 19.0 Å². The summed E-state index contributed by atoms with van der Waals surface area (Å²) < 4.78 is 11.0. The molecule has 33 heavy (non-hydrogen) atoms. The van der Waals surface area contributed by atoms with Gasteiger partial charge in [0.1, 0.15) is 16.9 Å². The van der Waals surface area contributed by atoms with Crippen LogP contribution < -0.4 is 11.3 Å². The predicted molar refractivity (Wildman–Crippen MR) is 124 cm³/mol. The largest absolute Gasteiger partial charge is 0.507 e. The van der Waals surface area contributed by atoms with E-state index in [1.54, 1.807) is 30.3 Å². The van der Waals surface area contributed by atoms with Crippen molar-refractivity contribution in [2.24, 2.45) is 0 Å². The second-order valence-corrected chi connectivity index (χ2v) is 8.25. The number of phenolic OH excluding ortho intramolecular Hbond substituents is 1. The standard InChI is InChI=1S/C25H24N2O6/c28-12-11-26-7-9-27(10-8-26)15-20-21(29)6-5-17-18(14-23(30)33-24(17)20)19-13-16-3-1-2-4-22(16)32-25(19)31/h1-6,13-14,28-29H,7-12,15H2. The first-order chi connectivity index (χ1) is 16.0. The lowest BCUT2D eigenvalue weighted by Gasteiger charge is -2.34. The van der Waals surface area contributed by atoms with Gasteiger partial charge in [-0.1, -0.05) is 18.2 Å². The van der Waals surface area contributed by atoms with E-state index in [4.69, 9.17) is 13.9 Å². The van der Waals surface area contributed by atoms with Crippen LogP contribution in [0.2, 0.25) is 0 Å². The van der Waals surface area contributed by atoms with Crippen LogP contribution in [0.5, 0.6) is 5.75 Å². The molecule has 170 valence electrons. The van der Waals surface area contributed by atoms with Gasteiger partial charge in [-0.15, -0.1) is 0 Å². The molecular weight excluding hydrogens is 424 g/mol. The number of aliphatic hydroxyl groups excluding tert-OH is 1. The lowest BCUT2D eigenvalue weighted by atomic mass is 9.99. The normalized spacial score (nSPS) is 15.4. The summed E-state index contributed by atoms with van der Waals surface area (Å²) in [6, 6.07) is 13.4. The molecule has 8 nitrogen and oxygen atoms in total. The van der Waals surface area contributed by atoms with E-state index in [1.807, 2.05) is 12.1 Å². The molecule has 0 spiro atoms. The summed E-state index contributed by atoms with van der Waals surface area (Å²) in [5.74, 6) is 0.0335. The maximum atomic E-state index is 12.8. The second kappa shape index (κ2) is 8.82. The Morgan fingerprint density at radius 3 is 2.42 bits per heavy atom. The molecule has 2 aromatic carbocycles. The van der Waals surface area contributed by atoms with Gasteiger partial charge in [-0.05, 0) is 24.3 Å². The van der Waals surface area contributed by atoms with Crippen molar-refractivity contribution in [1.82, 2.24) is 9.80 Å². The minimum absolute atomic E-state index is 0.0335. The third-order valence-electron chi connectivity index (χ3n) is 6.19. The Morgan fingerprint density at radius 2 is 1.64 bits per heavy atom. The van der Waals surface area contributed by atoms with Crippen LogP contribution in [-0.2, 0) is 6.54 Å². The highest BCUT2D eigenvalue weighted by Crippen LogP contribution is 2.33. The van der Waals surface area contributed by atoms with Gasteiger partial charge in [0, 0.05) is 61.7 Å². The van der Waals surface area contributed by atoms with E-state index < -0.39 is 11.3 Å². The van der Waals surface area contributed by atoms with Gasteiger partial charge in [-0.2, -0.15) is 0 Å². The number of hydrogen-bond acceptors (Lipinski definition) is 8. The van der Waals surface area contributed by atoms with Crippen molar-refractivity contribution in [2.75, 3.05) is 39.3 Å². The van der Waals surface area contributed by atoms with E-state index in [2.05, 4.69) is 9.80 Å². The summed E-state index contributed by atoms with van der Waals surface area (Å²) in [7, 11) is 0. The van der Waals surface area contributed by atoms with Crippen LogP contribution in [-0.4, -0.2) is 59.3 Å². The van der Waals surface area contributed by atoms with Crippen molar-refractivity contribution in [3.05, 3.63) is 74.9 Å². The third kappa shape index (κ3) is 4.16. The quantitative estimate of drug-likeness (QED) is 0.448. The van der Waals surface area contributed by atoms with Gasteiger partial charge >= 0.3 is 11.3 Å². The van der Waals surface area contributed by atoms with Gasteiger partial charge in [0.25, 0.3) is 0 Å². The van der Waals surface area contributed by atoms with Crippen molar-refractivity contribution in [1.29, 1.82) is 0 Å². The van der Waals surface area contributed by atoms with Gasteiger partial charge in [0.15, 0.2) is 0 Å². The first kappa shape index (κ1) is 21.4. The van der Waals surface area contributed by atoms with Gasteiger partial charge in [0.2, 0.25) is 0 Å². The van der Waals surface area contributed by atoms with Crippen molar-refractivity contribution in [3.8, 4) is 16.9 Å². The van der Waals surface area contributed by atoms with E-state index in [1.165, 1.54) is 6.07 Å². The molecule has 1 fully saturated rings. The molecule has 0 saturated carbocycles. The average molecular weight is 448 g/mol. The van der Waals surface area contributed by atoms with E-state index in [0.29, 0.717) is 35.2 Å². The molecule has 4 aromatic rings. The Bertz CT molecular complexity index is 1430. The number of nitrogens with zero attached hydrogens (tertiary/aromatic N) is 2. The van der Waals surface area contributed by atoms with Crippen LogP contribution in [0.15, 0.2) is 67.0 Å². The molecule has 5 rings (SSSR count). The van der Waals surface area contributed by atoms with Crippen LogP contribution >= 0.6 is 0 Å². The highest BCUT2D eigenvalue weighted by Gasteiger charge is 2.22. The first-order valence-corrected chi connectivity index (χ1v) is 10.9. The van der Waals surface area contributed by atoms with Crippen LogP contribution in [0.4, 0.5) is 0 Å². The molecule has 2 aromatic heterocycles. The number of fused-ring (bicyclic) bond motifs is 2. The first-order valence-electron chi connectivity index (χ1n) is 10.9. The number of para-hydroxylation sites is 1. The number of benzene rings is 2. The van der Waals surface area contributed by atoms with Gasteiger partial charge in [-0.3, -0.25) is 9.80 Å². The number of aromatic hydroxyl groups is 1. The van der Waals surface area contributed by atoms with Gasteiger partial charge in [0.05, 0.1) is 17.7 Å². The molecule has 0 bridgehead atoms. The molecule has 1 aliphatic heterocycles. The van der Waals surface area contributed by atoms with Crippen molar-refractivity contribution < 1.29 is 19.0 Å². The molecule has 1 saturated heterocycles. The number of aliphatic hydroxyl groups is 1. The van der Waals surface area contributed by atoms with E-state index in [9.17, 15) is 14.7 Å².